The van der Waals surface area contributed by atoms with Gasteiger partial charge in [-0.3, -0.25) is 9.36 Å². The lowest BCUT2D eigenvalue weighted by Gasteiger charge is -2.04. The zero-order valence-electron chi connectivity index (χ0n) is 18.2. The molecule has 0 aliphatic heterocycles. The van der Waals surface area contributed by atoms with Crippen LogP contribution in [-0.4, -0.2) is 14.1 Å². The van der Waals surface area contributed by atoms with E-state index in [1.165, 1.54) is 11.3 Å². The Morgan fingerprint density at radius 1 is 1.00 bits per heavy atom. The fourth-order valence-corrected chi connectivity index (χ4v) is 5.01. The van der Waals surface area contributed by atoms with Crippen LogP contribution < -0.4 is 14.8 Å². The molecule has 0 aliphatic carbocycles. The SMILES string of the molecule is Cc1ccccc1C=c1sc(=C(C#N)c2nc3ccccc3n2C)n(-c2ccccc2)c1=O. The molecule has 0 atom stereocenters. The molecular formula is C27H20N4OS. The molecular weight excluding hydrogens is 428 g/mol. The Hall–Kier alpha value is -4.21. The van der Waals surface area contributed by atoms with E-state index in [0.29, 0.717) is 26.3 Å². The number of para-hydroxylation sites is 3. The van der Waals surface area contributed by atoms with Crippen molar-refractivity contribution in [2.75, 3.05) is 0 Å². The second kappa shape index (κ2) is 8.38. The largest absolute Gasteiger partial charge is 0.326 e. The number of hydrogen-bond donors (Lipinski definition) is 0. The number of nitrogens with zero attached hydrogens (tertiary/aromatic N) is 4. The van der Waals surface area contributed by atoms with Gasteiger partial charge in [-0.25, -0.2) is 4.98 Å². The zero-order chi connectivity index (χ0) is 22.9. The summed E-state index contributed by atoms with van der Waals surface area (Å²) in [6.07, 6.45) is 1.90. The second-order valence-corrected chi connectivity index (χ2v) is 8.75. The van der Waals surface area contributed by atoms with Crippen LogP contribution in [0.3, 0.4) is 0 Å². The lowest BCUT2D eigenvalue weighted by atomic mass is 10.1. The topological polar surface area (TPSA) is 63.6 Å². The van der Waals surface area contributed by atoms with Gasteiger partial charge in [0, 0.05) is 7.05 Å². The molecule has 160 valence electrons. The third kappa shape index (κ3) is 3.59. The maximum absolute atomic E-state index is 13.6. The Bertz CT molecular complexity index is 1720. The number of aryl methyl sites for hydroxylation is 2. The van der Waals surface area contributed by atoms with E-state index in [9.17, 15) is 10.1 Å². The third-order valence-electron chi connectivity index (χ3n) is 5.65. The van der Waals surface area contributed by atoms with Crippen LogP contribution in [0.4, 0.5) is 0 Å². The van der Waals surface area contributed by atoms with E-state index in [0.717, 1.165) is 22.2 Å². The van der Waals surface area contributed by atoms with Crippen molar-refractivity contribution in [1.82, 2.24) is 14.1 Å². The molecule has 0 unspecified atom stereocenters. The third-order valence-corrected chi connectivity index (χ3v) is 6.74. The van der Waals surface area contributed by atoms with Crippen molar-refractivity contribution in [2.45, 2.75) is 6.92 Å². The fourth-order valence-electron chi connectivity index (χ4n) is 3.91. The zero-order valence-corrected chi connectivity index (χ0v) is 19.0. The number of aromatic nitrogens is 3. The lowest BCUT2D eigenvalue weighted by Crippen LogP contribution is -2.31. The Labute approximate surface area is 194 Å². The van der Waals surface area contributed by atoms with E-state index in [1.807, 2.05) is 103 Å². The van der Waals surface area contributed by atoms with Crippen molar-refractivity contribution in [3.8, 4) is 11.8 Å². The predicted octanol–water partition coefficient (Wildman–Crippen LogP) is 3.65. The van der Waals surface area contributed by atoms with Crippen molar-refractivity contribution in [3.05, 3.63) is 115 Å². The molecule has 0 saturated heterocycles. The molecule has 5 rings (SSSR count). The fraction of sp³-hybridized carbons (Fsp3) is 0.0741. The van der Waals surface area contributed by atoms with Crippen LogP contribution in [0, 0.1) is 18.3 Å². The van der Waals surface area contributed by atoms with Crippen molar-refractivity contribution in [1.29, 1.82) is 5.26 Å². The van der Waals surface area contributed by atoms with Gasteiger partial charge in [0.2, 0.25) is 0 Å². The highest BCUT2D eigenvalue weighted by atomic mass is 32.1. The van der Waals surface area contributed by atoms with Crippen molar-refractivity contribution < 1.29 is 0 Å². The molecule has 0 aliphatic rings. The Morgan fingerprint density at radius 2 is 1.70 bits per heavy atom. The first-order chi connectivity index (χ1) is 16.1. The number of rotatable bonds is 3. The number of imidazole rings is 1. The number of hydrogen-bond acceptors (Lipinski definition) is 4. The molecule has 5 nitrogen and oxygen atoms in total. The number of fused-ring (bicyclic) bond motifs is 1. The van der Waals surface area contributed by atoms with Crippen LogP contribution in [0.15, 0.2) is 83.7 Å². The Morgan fingerprint density at radius 3 is 2.42 bits per heavy atom. The van der Waals surface area contributed by atoms with Gasteiger partial charge in [0.1, 0.15) is 16.3 Å². The van der Waals surface area contributed by atoms with Crippen LogP contribution in [0.5, 0.6) is 0 Å². The summed E-state index contributed by atoms with van der Waals surface area (Å²) in [4.78, 5) is 18.3. The molecule has 0 fully saturated rings. The predicted molar refractivity (Wildman–Crippen MR) is 133 cm³/mol. The first-order valence-corrected chi connectivity index (χ1v) is 11.3. The maximum Gasteiger partial charge on any atom is 0.273 e. The van der Waals surface area contributed by atoms with Gasteiger partial charge in [0.15, 0.2) is 5.82 Å². The van der Waals surface area contributed by atoms with Gasteiger partial charge in [-0.15, -0.1) is 11.3 Å². The van der Waals surface area contributed by atoms with Gasteiger partial charge in [-0.05, 0) is 48.4 Å². The highest BCUT2D eigenvalue weighted by molar-refractivity contribution is 7.07. The summed E-state index contributed by atoms with van der Waals surface area (Å²) in [7, 11) is 1.89. The van der Waals surface area contributed by atoms with Gasteiger partial charge < -0.3 is 4.57 Å². The maximum atomic E-state index is 13.6. The quantitative estimate of drug-likeness (QED) is 0.423. The molecule has 0 amide bonds. The van der Waals surface area contributed by atoms with Crippen molar-refractivity contribution >= 4 is 34.0 Å². The highest BCUT2D eigenvalue weighted by Crippen LogP contribution is 2.19. The molecule has 3 aromatic carbocycles. The van der Waals surface area contributed by atoms with Crippen molar-refractivity contribution in [3.63, 3.8) is 0 Å². The minimum atomic E-state index is -0.157. The standard InChI is InChI=1S/C27H20N4OS/c1-18-10-6-7-11-19(18)16-24-26(32)31(20-12-4-3-5-13-20)27(33-24)21(17-28)25-29-22-14-8-9-15-23(22)30(25)2/h3-16H,1-2H3. The van der Waals surface area contributed by atoms with Gasteiger partial charge in [0.25, 0.3) is 5.56 Å². The molecule has 33 heavy (non-hydrogen) atoms. The normalized spacial score (nSPS) is 12.7. The van der Waals surface area contributed by atoms with E-state index in [-0.39, 0.29) is 5.56 Å². The van der Waals surface area contributed by atoms with Crippen LogP contribution in [0.25, 0.3) is 28.4 Å². The molecule has 0 saturated carbocycles. The monoisotopic (exact) mass is 448 g/mol. The Balaban J connectivity index is 1.91. The van der Waals surface area contributed by atoms with E-state index in [2.05, 4.69) is 6.07 Å². The summed E-state index contributed by atoms with van der Waals surface area (Å²) in [5.41, 5.74) is 4.71. The van der Waals surface area contributed by atoms with Gasteiger partial charge in [-0.2, -0.15) is 5.26 Å². The van der Waals surface area contributed by atoms with Gasteiger partial charge >= 0.3 is 0 Å². The average Bonchev–Trinajstić information content (AvgIpc) is 3.34. The number of thiazole rings is 1. The second-order valence-electron chi connectivity index (χ2n) is 7.72. The molecule has 0 bridgehead atoms. The minimum absolute atomic E-state index is 0.157. The summed E-state index contributed by atoms with van der Waals surface area (Å²) >= 11 is 1.31. The molecule has 0 spiro atoms. The van der Waals surface area contributed by atoms with E-state index in [1.54, 1.807) is 4.57 Å². The summed E-state index contributed by atoms with van der Waals surface area (Å²) in [6.45, 7) is 2.02. The van der Waals surface area contributed by atoms with E-state index in [4.69, 9.17) is 4.98 Å². The molecule has 0 radical (unpaired) electrons. The molecule has 0 N–H and O–H groups in total. The van der Waals surface area contributed by atoms with E-state index >= 15 is 0 Å². The molecule has 2 aromatic heterocycles. The van der Waals surface area contributed by atoms with Crippen LogP contribution in [0.2, 0.25) is 0 Å². The van der Waals surface area contributed by atoms with Crippen LogP contribution in [-0.2, 0) is 7.05 Å². The minimum Gasteiger partial charge on any atom is -0.326 e. The summed E-state index contributed by atoms with van der Waals surface area (Å²) in [5.74, 6) is 0.534. The summed E-state index contributed by atoms with van der Waals surface area (Å²) < 4.78 is 4.65. The lowest BCUT2D eigenvalue weighted by molar-refractivity contribution is 0.915. The molecule has 5 aromatic rings. The highest BCUT2D eigenvalue weighted by Gasteiger charge is 2.17. The van der Waals surface area contributed by atoms with Crippen LogP contribution in [0.1, 0.15) is 17.0 Å². The van der Waals surface area contributed by atoms with Gasteiger partial charge in [-0.1, -0.05) is 54.6 Å². The summed E-state index contributed by atoms with van der Waals surface area (Å²) in [5, 5.41) is 10.2. The van der Waals surface area contributed by atoms with Crippen LogP contribution >= 0.6 is 11.3 Å². The summed E-state index contributed by atoms with van der Waals surface area (Å²) in [6, 6.07) is 27.4. The average molecular weight is 449 g/mol. The number of benzene rings is 3. The smallest absolute Gasteiger partial charge is 0.273 e. The van der Waals surface area contributed by atoms with Gasteiger partial charge in [0.05, 0.1) is 21.3 Å². The van der Waals surface area contributed by atoms with E-state index < -0.39 is 0 Å². The van der Waals surface area contributed by atoms with Crippen molar-refractivity contribution in [2.24, 2.45) is 7.05 Å². The molecule has 6 heteroatoms. The first kappa shape index (κ1) is 20.7. The first-order valence-electron chi connectivity index (χ1n) is 10.5. The Kier molecular flexibility index (Phi) is 5.25. The number of nitriles is 1. The molecule has 2 heterocycles.